The standard InChI is InChI=1S/C25H30N4O2/c1-16-7-9-19(10-8-16)15-29-18(3)22(17(2)28-29)24(31)27-26-23(30)20-11-13-21(14-12-20)25(4,5)6/h7-14H,15H2,1-6H3,(H,26,30)(H,27,31). The predicted molar refractivity (Wildman–Crippen MR) is 122 cm³/mol. The van der Waals surface area contributed by atoms with Gasteiger partial charge in [-0.15, -0.1) is 0 Å². The number of amides is 2. The fraction of sp³-hybridized carbons (Fsp3) is 0.320. The van der Waals surface area contributed by atoms with Crippen molar-refractivity contribution in [1.82, 2.24) is 20.6 Å². The average Bonchev–Trinajstić information content (AvgIpc) is 3.00. The third-order valence-electron chi connectivity index (χ3n) is 5.36. The number of aromatic nitrogens is 2. The van der Waals surface area contributed by atoms with Crippen LogP contribution in [0.5, 0.6) is 0 Å². The highest BCUT2D eigenvalue weighted by Crippen LogP contribution is 2.22. The van der Waals surface area contributed by atoms with E-state index in [1.54, 1.807) is 19.1 Å². The van der Waals surface area contributed by atoms with Gasteiger partial charge in [-0.1, -0.05) is 62.7 Å². The van der Waals surface area contributed by atoms with Crippen molar-refractivity contribution >= 4 is 11.8 Å². The van der Waals surface area contributed by atoms with Gasteiger partial charge >= 0.3 is 0 Å². The molecule has 2 aromatic carbocycles. The number of benzene rings is 2. The highest BCUT2D eigenvalue weighted by molar-refractivity contribution is 6.00. The lowest BCUT2D eigenvalue weighted by atomic mass is 9.87. The summed E-state index contributed by atoms with van der Waals surface area (Å²) in [5, 5.41) is 4.51. The van der Waals surface area contributed by atoms with E-state index in [0.717, 1.165) is 16.8 Å². The van der Waals surface area contributed by atoms with Gasteiger partial charge < -0.3 is 0 Å². The van der Waals surface area contributed by atoms with Crippen LogP contribution >= 0.6 is 0 Å². The SMILES string of the molecule is Cc1ccc(Cn2nc(C)c(C(=O)NNC(=O)c3ccc(C(C)(C)C)cc3)c2C)cc1. The number of rotatable bonds is 4. The Kier molecular flexibility index (Phi) is 6.29. The minimum Gasteiger partial charge on any atom is -0.267 e. The zero-order valence-corrected chi connectivity index (χ0v) is 19.0. The van der Waals surface area contributed by atoms with Crippen LogP contribution in [0, 0.1) is 20.8 Å². The van der Waals surface area contributed by atoms with E-state index in [9.17, 15) is 9.59 Å². The van der Waals surface area contributed by atoms with Gasteiger partial charge in [0.05, 0.1) is 17.8 Å². The van der Waals surface area contributed by atoms with Gasteiger partial charge in [0.1, 0.15) is 0 Å². The quantitative estimate of drug-likeness (QED) is 0.623. The second-order valence-corrected chi connectivity index (χ2v) is 8.92. The Morgan fingerprint density at radius 3 is 2.03 bits per heavy atom. The van der Waals surface area contributed by atoms with Gasteiger partial charge in [0.2, 0.25) is 0 Å². The summed E-state index contributed by atoms with van der Waals surface area (Å²) in [6.07, 6.45) is 0. The Balaban J connectivity index is 1.67. The summed E-state index contributed by atoms with van der Waals surface area (Å²) < 4.78 is 1.81. The molecule has 1 aromatic heterocycles. The smallest absolute Gasteiger partial charge is 0.267 e. The maximum atomic E-state index is 12.7. The van der Waals surface area contributed by atoms with Crippen LogP contribution in [-0.2, 0) is 12.0 Å². The number of aryl methyl sites for hydroxylation is 2. The van der Waals surface area contributed by atoms with Crippen LogP contribution in [0.25, 0.3) is 0 Å². The summed E-state index contributed by atoms with van der Waals surface area (Å²) in [4.78, 5) is 25.2. The van der Waals surface area contributed by atoms with E-state index in [4.69, 9.17) is 0 Å². The number of hydrogen-bond acceptors (Lipinski definition) is 3. The first-order chi connectivity index (χ1) is 14.6. The first-order valence-corrected chi connectivity index (χ1v) is 10.4. The lowest BCUT2D eigenvalue weighted by Gasteiger charge is -2.19. The average molecular weight is 419 g/mol. The molecule has 0 fully saturated rings. The summed E-state index contributed by atoms with van der Waals surface area (Å²) in [6.45, 7) is 12.6. The third kappa shape index (κ3) is 5.20. The van der Waals surface area contributed by atoms with Crippen molar-refractivity contribution in [2.24, 2.45) is 0 Å². The van der Waals surface area contributed by atoms with Crippen LogP contribution in [0.1, 0.15) is 69.6 Å². The molecule has 0 aliphatic carbocycles. The Hall–Kier alpha value is -3.41. The minimum absolute atomic E-state index is 0.0109. The van der Waals surface area contributed by atoms with Crippen molar-refractivity contribution in [3.05, 3.63) is 87.7 Å². The fourth-order valence-corrected chi connectivity index (χ4v) is 3.42. The van der Waals surface area contributed by atoms with Crippen LogP contribution in [0.15, 0.2) is 48.5 Å². The van der Waals surface area contributed by atoms with Gasteiger partial charge in [0.15, 0.2) is 0 Å². The second-order valence-electron chi connectivity index (χ2n) is 8.92. The van der Waals surface area contributed by atoms with Gasteiger partial charge in [0, 0.05) is 11.3 Å². The van der Waals surface area contributed by atoms with E-state index in [1.807, 2.05) is 30.7 Å². The maximum Gasteiger partial charge on any atom is 0.273 e. The van der Waals surface area contributed by atoms with Crippen LogP contribution in [-0.4, -0.2) is 21.6 Å². The van der Waals surface area contributed by atoms with Gasteiger partial charge in [-0.2, -0.15) is 5.10 Å². The fourth-order valence-electron chi connectivity index (χ4n) is 3.42. The Labute approximate surface area is 183 Å². The van der Waals surface area contributed by atoms with Gasteiger partial charge in [-0.05, 0) is 49.4 Å². The van der Waals surface area contributed by atoms with Gasteiger partial charge in [-0.25, -0.2) is 0 Å². The van der Waals surface area contributed by atoms with Crippen molar-refractivity contribution in [3.8, 4) is 0 Å². The monoisotopic (exact) mass is 418 g/mol. The van der Waals surface area contributed by atoms with Crippen molar-refractivity contribution in [3.63, 3.8) is 0 Å². The first kappa shape index (κ1) is 22.3. The maximum absolute atomic E-state index is 12.7. The molecule has 6 nitrogen and oxygen atoms in total. The van der Waals surface area contributed by atoms with Crippen LogP contribution in [0.2, 0.25) is 0 Å². The van der Waals surface area contributed by atoms with Gasteiger partial charge in [0.25, 0.3) is 11.8 Å². The summed E-state index contributed by atoms with van der Waals surface area (Å²) in [5.74, 6) is -0.749. The lowest BCUT2D eigenvalue weighted by Crippen LogP contribution is -2.42. The van der Waals surface area contributed by atoms with E-state index in [-0.39, 0.29) is 17.2 Å². The molecule has 0 aliphatic rings. The molecule has 0 saturated heterocycles. The van der Waals surface area contributed by atoms with E-state index in [0.29, 0.717) is 23.4 Å². The minimum atomic E-state index is -0.384. The molecule has 3 rings (SSSR count). The van der Waals surface area contributed by atoms with Crippen molar-refractivity contribution in [1.29, 1.82) is 0 Å². The number of nitrogens with zero attached hydrogens (tertiary/aromatic N) is 2. The van der Waals surface area contributed by atoms with Crippen LogP contribution in [0.3, 0.4) is 0 Å². The molecule has 0 saturated carbocycles. The Bertz CT molecular complexity index is 1090. The van der Waals surface area contributed by atoms with Crippen LogP contribution in [0.4, 0.5) is 0 Å². The topological polar surface area (TPSA) is 76.0 Å². The first-order valence-electron chi connectivity index (χ1n) is 10.4. The Morgan fingerprint density at radius 2 is 1.45 bits per heavy atom. The summed E-state index contributed by atoms with van der Waals surface area (Å²) in [7, 11) is 0. The molecule has 0 bridgehead atoms. The van der Waals surface area contributed by atoms with Crippen LogP contribution < -0.4 is 10.9 Å². The molecular weight excluding hydrogens is 388 g/mol. The molecule has 31 heavy (non-hydrogen) atoms. The molecular formula is C25H30N4O2. The number of nitrogens with one attached hydrogen (secondary N) is 2. The molecule has 1 heterocycles. The summed E-state index contributed by atoms with van der Waals surface area (Å²) >= 11 is 0. The largest absolute Gasteiger partial charge is 0.273 e. The zero-order valence-electron chi connectivity index (χ0n) is 19.0. The van der Waals surface area contributed by atoms with E-state index >= 15 is 0 Å². The molecule has 3 aromatic rings. The Morgan fingerprint density at radius 1 is 0.871 bits per heavy atom. The zero-order chi connectivity index (χ0) is 22.8. The predicted octanol–water partition coefficient (Wildman–Crippen LogP) is 4.23. The third-order valence-corrected chi connectivity index (χ3v) is 5.36. The number of hydrazine groups is 1. The number of carbonyl (C=O) groups excluding carboxylic acids is 2. The highest BCUT2D eigenvalue weighted by Gasteiger charge is 2.20. The highest BCUT2D eigenvalue weighted by atomic mass is 16.2. The normalized spacial score (nSPS) is 11.3. The molecule has 0 spiro atoms. The van der Waals surface area contributed by atoms with E-state index in [1.165, 1.54) is 5.56 Å². The molecule has 2 amide bonds. The van der Waals surface area contributed by atoms with E-state index in [2.05, 4.69) is 61.0 Å². The second kappa shape index (κ2) is 8.76. The number of carbonyl (C=O) groups is 2. The molecule has 0 aliphatic heterocycles. The van der Waals surface area contributed by atoms with Crippen molar-refractivity contribution in [2.75, 3.05) is 0 Å². The molecule has 162 valence electrons. The molecule has 6 heteroatoms. The van der Waals surface area contributed by atoms with Crippen molar-refractivity contribution in [2.45, 2.75) is 53.5 Å². The molecule has 0 atom stereocenters. The summed E-state index contributed by atoms with van der Waals surface area (Å²) in [6, 6.07) is 15.6. The van der Waals surface area contributed by atoms with E-state index < -0.39 is 0 Å². The lowest BCUT2D eigenvalue weighted by molar-refractivity contribution is 0.0846. The molecule has 0 unspecified atom stereocenters. The van der Waals surface area contributed by atoms with Gasteiger partial charge in [-0.3, -0.25) is 25.1 Å². The van der Waals surface area contributed by atoms with Crippen molar-refractivity contribution < 1.29 is 9.59 Å². The summed E-state index contributed by atoms with van der Waals surface area (Å²) in [5.41, 5.74) is 10.8. The molecule has 0 radical (unpaired) electrons. The number of hydrogen-bond donors (Lipinski definition) is 2. The molecule has 2 N–H and O–H groups in total.